The minimum atomic E-state index is -0.481. The van der Waals surface area contributed by atoms with Gasteiger partial charge in [-0.25, -0.2) is 4.79 Å². The van der Waals surface area contributed by atoms with Crippen molar-refractivity contribution in [3.05, 3.63) is 101 Å². The van der Waals surface area contributed by atoms with E-state index < -0.39 is 5.97 Å². The van der Waals surface area contributed by atoms with E-state index in [1.807, 2.05) is 47.4 Å². The Kier molecular flexibility index (Phi) is 7.10. The molecule has 0 aromatic heterocycles. The summed E-state index contributed by atoms with van der Waals surface area (Å²) in [7, 11) is 0. The van der Waals surface area contributed by atoms with Crippen LogP contribution in [0.4, 0.5) is 5.69 Å². The van der Waals surface area contributed by atoms with Crippen LogP contribution in [-0.4, -0.2) is 35.0 Å². The van der Waals surface area contributed by atoms with Crippen molar-refractivity contribution in [1.82, 2.24) is 4.90 Å². The van der Waals surface area contributed by atoms with Crippen molar-refractivity contribution in [2.75, 3.05) is 17.7 Å². The molecular weight excluding hydrogens is 436 g/mol. The highest BCUT2D eigenvalue weighted by atomic mass is 32.2. The number of amides is 2. The molecule has 0 aliphatic carbocycles. The number of thioether (sulfide) groups is 1. The average Bonchev–Trinajstić information content (AvgIpc) is 3.20. The van der Waals surface area contributed by atoms with Gasteiger partial charge >= 0.3 is 5.97 Å². The lowest BCUT2D eigenvalue weighted by Gasteiger charge is -2.24. The van der Waals surface area contributed by atoms with Gasteiger partial charge in [0.05, 0.1) is 23.6 Å². The Morgan fingerprint density at radius 1 is 1.00 bits per heavy atom. The standard InChI is InChI=1S/C26H24N2O4S/c1-2-32-26(31)21-10-6-7-11-22(21)27-24(30)19-12-14-20(15-13-19)25-28(23(29)17-33-25)16-18-8-4-3-5-9-18/h3-15,25H,2,16-17H2,1H3,(H,27,30)/t25-/m0/s1. The molecule has 33 heavy (non-hydrogen) atoms. The zero-order valence-electron chi connectivity index (χ0n) is 18.2. The maximum Gasteiger partial charge on any atom is 0.340 e. The molecule has 1 saturated heterocycles. The fraction of sp³-hybridized carbons (Fsp3) is 0.192. The molecular formula is C26H24N2O4S. The number of esters is 1. The van der Waals surface area contributed by atoms with Crippen molar-refractivity contribution in [3.63, 3.8) is 0 Å². The molecule has 1 fully saturated rings. The maximum atomic E-state index is 12.8. The molecule has 0 bridgehead atoms. The van der Waals surface area contributed by atoms with Gasteiger partial charge < -0.3 is 15.0 Å². The predicted octanol–water partition coefficient (Wildman–Crippen LogP) is 4.89. The second-order valence-electron chi connectivity index (χ2n) is 7.51. The molecule has 2 amide bonds. The average molecular weight is 461 g/mol. The summed E-state index contributed by atoms with van der Waals surface area (Å²) >= 11 is 1.58. The van der Waals surface area contributed by atoms with E-state index >= 15 is 0 Å². The van der Waals surface area contributed by atoms with Crippen LogP contribution in [0.2, 0.25) is 0 Å². The van der Waals surface area contributed by atoms with Crippen LogP contribution < -0.4 is 5.32 Å². The highest BCUT2D eigenvalue weighted by molar-refractivity contribution is 8.00. The predicted molar refractivity (Wildman–Crippen MR) is 129 cm³/mol. The van der Waals surface area contributed by atoms with Gasteiger partial charge in [-0.2, -0.15) is 0 Å². The first-order valence-electron chi connectivity index (χ1n) is 10.7. The van der Waals surface area contributed by atoms with Gasteiger partial charge in [-0.05, 0) is 42.3 Å². The summed E-state index contributed by atoms with van der Waals surface area (Å²) in [6.07, 6.45) is 0. The van der Waals surface area contributed by atoms with Crippen LogP contribution in [-0.2, 0) is 16.1 Å². The quantitative estimate of drug-likeness (QED) is 0.508. The van der Waals surface area contributed by atoms with Gasteiger partial charge in [0.2, 0.25) is 5.91 Å². The minimum absolute atomic E-state index is 0.0978. The first-order valence-corrected chi connectivity index (χ1v) is 11.7. The molecule has 0 saturated carbocycles. The molecule has 3 aromatic rings. The summed E-state index contributed by atoms with van der Waals surface area (Å²) in [6.45, 7) is 2.54. The van der Waals surface area contributed by atoms with Crippen molar-refractivity contribution in [2.45, 2.75) is 18.8 Å². The molecule has 1 aliphatic heterocycles. The van der Waals surface area contributed by atoms with Crippen LogP contribution >= 0.6 is 11.8 Å². The number of carbonyl (C=O) groups excluding carboxylic acids is 3. The van der Waals surface area contributed by atoms with Gasteiger partial charge in [0.1, 0.15) is 5.37 Å². The highest BCUT2D eigenvalue weighted by Crippen LogP contribution is 2.39. The van der Waals surface area contributed by atoms with Gasteiger partial charge in [0, 0.05) is 12.1 Å². The van der Waals surface area contributed by atoms with Crippen molar-refractivity contribution in [3.8, 4) is 0 Å². The van der Waals surface area contributed by atoms with E-state index in [-0.39, 0.29) is 23.8 Å². The van der Waals surface area contributed by atoms with Crippen LogP contribution in [0.3, 0.4) is 0 Å². The van der Waals surface area contributed by atoms with Crippen LogP contribution in [0, 0.1) is 0 Å². The Labute approximate surface area is 196 Å². The summed E-state index contributed by atoms with van der Waals surface area (Å²) in [5.74, 6) is -0.268. The number of benzene rings is 3. The summed E-state index contributed by atoms with van der Waals surface area (Å²) < 4.78 is 5.07. The Balaban J connectivity index is 1.48. The lowest BCUT2D eigenvalue weighted by molar-refractivity contribution is -0.128. The lowest BCUT2D eigenvalue weighted by atomic mass is 10.1. The molecule has 1 aliphatic rings. The van der Waals surface area contributed by atoms with Gasteiger partial charge in [0.15, 0.2) is 0 Å². The van der Waals surface area contributed by atoms with Crippen molar-refractivity contribution < 1.29 is 19.1 Å². The monoisotopic (exact) mass is 460 g/mol. The molecule has 6 nitrogen and oxygen atoms in total. The van der Waals surface area contributed by atoms with E-state index in [1.165, 1.54) is 0 Å². The Morgan fingerprint density at radius 3 is 2.42 bits per heavy atom. The highest BCUT2D eigenvalue weighted by Gasteiger charge is 2.32. The zero-order chi connectivity index (χ0) is 23.2. The van der Waals surface area contributed by atoms with Crippen molar-refractivity contribution in [1.29, 1.82) is 0 Å². The third-order valence-electron chi connectivity index (χ3n) is 5.29. The SMILES string of the molecule is CCOC(=O)c1ccccc1NC(=O)c1ccc([C@@H]2SCC(=O)N2Cc2ccccc2)cc1. The van der Waals surface area contributed by atoms with Crippen LogP contribution in [0.25, 0.3) is 0 Å². The molecule has 168 valence electrons. The van der Waals surface area contributed by atoms with E-state index in [4.69, 9.17) is 4.74 Å². The van der Waals surface area contributed by atoms with Crippen LogP contribution in [0.1, 0.15) is 44.1 Å². The smallest absolute Gasteiger partial charge is 0.340 e. The third kappa shape index (κ3) is 5.26. The molecule has 0 unspecified atom stereocenters. The Bertz CT molecular complexity index is 1150. The second kappa shape index (κ2) is 10.4. The summed E-state index contributed by atoms with van der Waals surface area (Å²) in [5.41, 5.74) is 3.21. The number of hydrogen-bond donors (Lipinski definition) is 1. The minimum Gasteiger partial charge on any atom is -0.462 e. The van der Waals surface area contributed by atoms with E-state index in [9.17, 15) is 14.4 Å². The zero-order valence-corrected chi connectivity index (χ0v) is 19.0. The van der Waals surface area contributed by atoms with Gasteiger partial charge in [0.25, 0.3) is 5.91 Å². The van der Waals surface area contributed by atoms with Crippen LogP contribution in [0.15, 0.2) is 78.9 Å². The van der Waals surface area contributed by atoms with Crippen LogP contribution in [0.5, 0.6) is 0 Å². The maximum absolute atomic E-state index is 12.8. The molecule has 4 rings (SSSR count). The van der Waals surface area contributed by atoms with E-state index in [0.29, 0.717) is 29.1 Å². The molecule has 1 N–H and O–H groups in total. The molecule has 1 atom stereocenters. The number of para-hydroxylation sites is 1. The van der Waals surface area contributed by atoms with Gasteiger partial charge in [-0.15, -0.1) is 11.8 Å². The molecule has 3 aromatic carbocycles. The summed E-state index contributed by atoms with van der Waals surface area (Å²) in [4.78, 5) is 39.3. The Hall–Kier alpha value is -3.58. The molecule has 0 radical (unpaired) electrons. The molecule has 7 heteroatoms. The van der Waals surface area contributed by atoms with E-state index in [1.54, 1.807) is 55.1 Å². The number of nitrogens with one attached hydrogen (secondary N) is 1. The number of ether oxygens (including phenoxy) is 1. The van der Waals surface area contributed by atoms with Crippen molar-refractivity contribution in [2.24, 2.45) is 0 Å². The number of hydrogen-bond acceptors (Lipinski definition) is 5. The Morgan fingerprint density at radius 2 is 1.70 bits per heavy atom. The fourth-order valence-electron chi connectivity index (χ4n) is 3.65. The number of rotatable bonds is 7. The topological polar surface area (TPSA) is 75.7 Å². The van der Waals surface area contributed by atoms with E-state index in [2.05, 4.69) is 5.32 Å². The van der Waals surface area contributed by atoms with E-state index in [0.717, 1.165) is 11.1 Å². The first-order chi connectivity index (χ1) is 16.1. The molecule has 1 heterocycles. The summed E-state index contributed by atoms with van der Waals surface area (Å²) in [5, 5.41) is 2.70. The summed E-state index contributed by atoms with van der Waals surface area (Å²) in [6, 6.07) is 23.9. The molecule has 0 spiro atoms. The third-order valence-corrected chi connectivity index (χ3v) is 6.55. The normalized spacial score (nSPS) is 15.4. The van der Waals surface area contributed by atoms with Gasteiger partial charge in [-0.3, -0.25) is 9.59 Å². The number of nitrogens with zero attached hydrogens (tertiary/aromatic N) is 1. The second-order valence-corrected chi connectivity index (χ2v) is 8.58. The fourth-order valence-corrected chi connectivity index (χ4v) is 4.84. The van der Waals surface area contributed by atoms with Gasteiger partial charge in [-0.1, -0.05) is 54.6 Å². The largest absolute Gasteiger partial charge is 0.462 e. The first kappa shape index (κ1) is 22.6. The number of carbonyl (C=O) groups is 3. The number of anilines is 1. The lowest BCUT2D eigenvalue weighted by Crippen LogP contribution is -2.27. The van der Waals surface area contributed by atoms with Crippen molar-refractivity contribution >= 4 is 35.2 Å².